The lowest BCUT2D eigenvalue weighted by Gasteiger charge is -2.36. The van der Waals surface area contributed by atoms with Crippen LogP contribution in [0.5, 0.6) is 5.75 Å². The number of halogens is 2. The first-order chi connectivity index (χ1) is 17.3. The fourth-order valence-corrected chi connectivity index (χ4v) is 5.93. The zero-order valence-electron chi connectivity index (χ0n) is 20.4. The maximum atomic E-state index is 14.4. The molecule has 1 fully saturated rings. The van der Waals surface area contributed by atoms with Crippen LogP contribution >= 0.6 is 11.6 Å². The van der Waals surface area contributed by atoms with Crippen LogP contribution in [-0.4, -0.2) is 57.5 Å². The van der Waals surface area contributed by atoms with Gasteiger partial charge in [0.25, 0.3) is 0 Å². The molecule has 6 nitrogen and oxygen atoms in total. The monoisotopic (exact) mass is 532 g/mol. The zero-order chi connectivity index (χ0) is 25.7. The van der Waals surface area contributed by atoms with Crippen molar-refractivity contribution < 1.29 is 22.3 Å². The van der Waals surface area contributed by atoms with E-state index in [0.717, 1.165) is 16.9 Å². The molecule has 4 rings (SSSR count). The summed E-state index contributed by atoms with van der Waals surface area (Å²) in [5.74, 6) is -0.167. The van der Waals surface area contributed by atoms with E-state index in [9.17, 15) is 12.8 Å². The number of nitrogens with zero attached hydrogens (tertiary/aromatic N) is 2. The SMILES string of the molecule is COc1cccc(C(CN2CCN(S(=O)(=O)c3cccc(Cl)c3F)CC2)OCc2ccc(C)cc2)c1. The van der Waals surface area contributed by atoms with E-state index < -0.39 is 15.8 Å². The van der Waals surface area contributed by atoms with Crippen LogP contribution < -0.4 is 4.74 Å². The van der Waals surface area contributed by atoms with Crippen molar-refractivity contribution in [3.8, 4) is 5.75 Å². The lowest BCUT2D eigenvalue weighted by atomic mass is 10.1. The molecule has 0 spiro atoms. The first kappa shape index (κ1) is 26.6. The van der Waals surface area contributed by atoms with Crippen LogP contribution in [0.25, 0.3) is 0 Å². The Balaban J connectivity index is 1.45. The number of piperazine rings is 1. The molecule has 0 N–H and O–H groups in total. The molecule has 36 heavy (non-hydrogen) atoms. The molecule has 0 radical (unpaired) electrons. The highest BCUT2D eigenvalue weighted by Crippen LogP contribution is 2.28. The average Bonchev–Trinajstić information content (AvgIpc) is 2.89. The summed E-state index contributed by atoms with van der Waals surface area (Å²) in [7, 11) is -2.35. The molecule has 3 aromatic rings. The minimum absolute atomic E-state index is 0.207. The maximum absolute atomic E-state index is 14.4. The average molecular weight is 533 g/mol. The van der Waals surface area contributed by atoms with Crippen molar-refractivity contribution in [1.82, 2.24) is 9.21 Å². The van der Waals surface area contributed by atoms with Gasteiger partial charge in [0.15, 0.2) is 5.82 Å². The third-order valence-corrected chi connectivity index (χ3v) is 8.53. The number of sulfonamides is 1. The molecule has 1 unspecified atom stereocenters. The van der Waals surface area contributed by atoms with E-state index in [1.54, 1.807) is 7.11 Å². The van der Waals surface area contributed by atoms with Crippen molar-refractivity contribution in [2.45, 2.75) is 24.5 Å². The maximum Gasteiger partial charge on any atom is 0.246 e. The highest BCUT2D eigenvalue weighted by atomic mass is 35.5. The molecule has 0 saturated carbocycles. The topological polar surface area (TPSA) is 59.1 Å². The van der Waals surface area contributed by atoms with Gasteiger partial charge in [-0.15, -0.1) is 0 Å². The van der Waals surface area contributed by atoms with Gasteiger partial charge in [-0.3, -0.25) is 4.90 Å². The van der Waals surface area contributed by atoms with Crippen molar-refractivity contribution in [3.05, 3.63) is 94.3 Å². The highest BCUT2D eigenvalue weighted by Gasteiger charge is 2.32. The minimum atomic E-state index is -3.98. The minimum Gasteiger partial charge on any atom is -0.497 e. The second-order valence-corrected chi connectivity index (χ2v) is 11.1. The van der Waals surface area contributed by atoms with Crippen LogP contribution in [-0.2, 0) is 21.4 Å². The van der Waals surface area contributed by atoms with Gasteiger partial charge in [0, 0.05) is 32.7 Å². The molecule has 1 saturated heterocycles. The number of hydrogen-bond donors (Lipinski definition) is 0. The standard InChI is InChI=1S/C27H30ClFN2O4S/c1-20-9-11-21(12-10-20)19-35-25(22-5-3-6-23(17-22)34-2)18-30-13-15-31(16-14-30)36(32,33)26-8-4-7-24(28)27(26)29/h3-12,17,25H,13-16,18-19H2,1-2H3. The van der Waals surface area contributed by atoms with Gasteiger partial charge in [-0.2, -0.15) is 4.31 Å². The molecule has 192 valence electrons. The zero-order valence-corrected chi connectivity index (χ0v) is 21.9. The van der Waals surface area contributed by atoms with Crippen LogP contribution in [0.2, 0.25) is 5.02 Å². The molecular formula is C27H30ClFN2O4S. The summed E-state index contributed by atoms with van der Waals surface area (Å²) in [6.07, 6.45) is -0.241. The third-order valence-electron chi connectivity index (χ3n) is 6.33. The smallest absolute Gasteiger partial charge is 0.246 e. The van der Waals surface area contributed by atoms with Gasteiger partial charge in [-0.05, 0) is 42.3 Å². The van der Waals surface area contributed by atoms with Gasteiger partial charge < -0.3 is 9.47 Å². The van der Waals surface area contributed by atoms with Crippen LogP contribution in [0.4, 0.5) is 4.39 Å². The van der Waals surface area contributed by atoms with E-state index in [2.05, 4.69) is 29.2 Å². The number of hydrogen-bond acceptors (Lipinski definition) is 5. The Labute approximate surface area is 217 Å². The lowest BCUT2D eigenvalue weighted by molar-refractivity contribution is 0.00762. The van der Waals surface area contributed by atoms with E-state index in [1.807, 2.05) is 31.2 Å². The normalized spacial score (nSPS) is 16.1. The molecule has 1 heterocycles. The van der Waals surface area contributed by atoms with Crippen molar-refractivity contribution in [3.63, 3.8) is 0 Å². The molecular weight excluding hydrogens is 503 g/mol. The van der Waals surface area contributed by atoms with Crippen LogP contribution in [0.3, 0.4) is 0 Å². The molecule has 0 aromatic heterocycles. The Bertz CT molecular complexity index is 1280. The van der Waals surface area contributed by atoms with Gasteiger partial charge in [-0.1, -0.05) is 59.6 Å². The van der Waals surface area contributed by atoms with Crippen molar-refractivity contribution in [2.75, 3.05) is 39.8 Å². The third kappa shape index (κ3) is 6.25. The van der Waals surface area contributed by atoms with Gasteiger partial charge in [0.2, 0.25) is 10.0 Å². The number of rotatable bonds is 9. The van der Waals surface area contributed by atoms with E-state index >= 15 is 0 Å². The van der Waals surface area contributed by atoms with Crippen molar-refractivity contribution in [1.29, 1.82) is 0 Å². The van der Waals surface area contributed by atoms with Gasteiger partial charge in [-0.25, -0.2) is 12.8 Å². The summed E-state index contributed by atoms with van der Waals surface area (Å²) >= 11 is 5.81. The summed E-state index contributed by atoms with van der Waals surface area (Å²) in [6, 6.07) is 20.0. The van der Waals surface area contributed by atoms with Gasteiger partial charge >= 0.3 is 0 Å². The Morgan fingerprint density at radius 2 is 1.69 bits per heavy atom. The molecule has 1 atom stereocenters. The van der Waals surface area contributed by atoms with Crippen molar-refractivity contribution >= 4 is 21.6 Å². The van der Waals surface area contributed by atoms with Crippen LogP contribution in [0.15, 0.2) is 71.6 Å². The predicted octanol–water partition coefficient (Wildman–Crippen LogP) is 5.06. The van der Waals surface area contributed by atoms with E-state index in [4.69, 9.17) is 21.1 Å². The molecule has 1 aliphatic rings. The van der Waals surface area contributed by atoms with E-state index in [-0.39, 0.29) is 29.1 Å². The van der Waals surface area contributed by atoms with E-state index in [1.165, 1.54) is 28.1 Å². The summed E-state index contributed by atoms with van der Waals surface area (Å²) in [6.45, 7) is 4.56. The quantitative estimate of drug-likeness (QED) is 0.385. The number of benzene rings is 3. The summed E-state index contributed by atoms with van der Waals surface area (Å²) in [4.78, 5) is 1.78. The molecule has 3 aromatic carbocycles. The Kier molecular flexibility index (Phi) is 8.64. The summed E-state index contributed by atoms with van der Waals surface area (Å²) in [5.41, 5.74) is 3.25. The number of aryl methyl sites for hydroxylation is 1. The van der Waals surface area contributed by atoms with Crippen molar-refractivity contribution in [2.24, 2.45) is 0 Å². The molecule has 0 aliphatic carbocycles. The first-order valence-electron chi connectivity index (χ1n) is 11.8. The Morgan fingerprint density at radius 1 is 1.00 bits per heavy atom. The summed E-state index contributed by atoms with van der Waals surface area (Å²) in [5, 5.41) is -0.207. The molecule has 9 heteroatoms. The predicted molar refractivity (Wildman–Crippen MR) is 138 cm³/mol. The number of methoxy groups -OCH3 is 1. The first-order valence-corrected chi connectivity index (χ1v) is 13.6. The molecule has 0 bridgehead atoms. The highest BCUT2D eigenvalue weighted by molar-refractivity contribution is 7.89. The molecule has 1 aliphatic heterocycles. The lowest BCUT2D eigenvalue weighted by Crippen LogP contribution is -2.49. The van der Waals surface area contributed by atoms with Gasteiger partial charge in [0.1, 0.15) is 10.6 Å². The second-order valence-electron chi connectivity index (χ2n) is 8.82. The summed E-state index contributed by atoms with van der Waals surface area (Å²) < 4.78 is 53.6. The van der Waals surface area contributed by atoms with Crippen LogP contribution in [0, 0.1) is 12.7 Å². The van der Waals surface area contributed by atoms with Crippen LogP contribution in [0.1, 0.15) is 22.8 Å². The fraction of sp³-hybridized carbons (Fsp3) is 0.333. The number of ether oxygens (including phenoxy) is 2. The Hall–Kier alpha value is -2.49. The largest absolute Gasteiger partial charge is 0.497 e. The Morgan fingerprint density at radius 3 is 2.39 bits per heavy atom. The van der Waals surface area contributed by atoms with E-state index in [0.29, 0.717) is 26.2 Å². The molecule has 0 amide bonds. The van der Waals surface area contributed by atoms with Gasteiger partial charge in [0.05, 0.1) is 24.8 Å². The second kappa shape index (κ2) is 11.7. The fourth-order valence-electron chi connectivity index (χ4n) is 4.19.